The van der Waals surface area contributed by atoms with Gasteiger partial charge in [0.05, 0.1) is 18.8 Å². The first-order valence-corrected chi connectivity index (χ1v) is 7.08. The van der Waals surface area contributed by atoms with Crippen molar-refractivity contribution in [3.63, 3.8) is 0 Å². The summed E-state index contributed by atoms with van der Waals surface area (Å²) in [5.41, 5.74) is 2.47. The molecule has 0 saturated heterocycles. The number of aliphatic hydroxyl groups excluding tert-OH is 1. The van der Waals surface area contributed by atoms with E-state index in [0.29, 0.717) is 6.61 Å². The van der Waals surface area contributed by atoms with E-state index in [2.05, 4.69) is 31.2 Å². The van der Waals surface area contributed by atoms with Crippen molar-refractivity contribution in [3.05, 3.63) is 71.8 Å². The van der Waals surface area contributed by atoms with E-state index >= 15 is 0 Å². The number of rotatable bonds is 6. The van der Waals surface area contributed by atoms with Gasteiger partial charge in [-0.25, -0.2) is 0 Å². The van der Waals surface area contributed by atoms with E-state index in [4.69, 9.17) is 4.74 Å². The zero-order valence-electron chi connectivity index (χ0n) is 12.1. The molecule has 2 aromatic rings. The maximum Gasteiger partial charge on any atom is 0.0745 e. The Bertz CT molecular complexity index is 454. The van der Waals surface area contributed by atoms with Gasteiger partial charge < -0.3 is 9.84 Å². The van der Waals surface area contributed by atoms with E-state index in [1.807, 2.05) is 36.4 Å². The standard InChI is InChI=1S/C18H22O2/c1-14(19)13-20-15(2)18(16-9-5-3-6-10-16)17-11-7-4-8-12-17/h3-12,14-15,18-19H,13H2,1-2H3/t14?,15-/m0/s1. The summed E-state index contributed by atoms with van der Waals surface area (Å²) in [6, 6.07) is 20.7. The van der Waals surface area contributed by atoms with Gasteiger partial charge in [0.15, 0.2) is 0 Å². The van der Waals surface area contributed by atoms with Crippen LogP contribution < -0.4 is 0 Å². The van der Waals surface area contributed by atoms with Gasteiger partial charge in [0.1, 0.15) is 0 Å². The van der Waals surface area contributed by atoms with Gasteiger partial charge in [-0.15, -0.1) is 0 Å². The summed E-state index contributed by atoms with van der Waals surface area (Å²) >= 11 is 0. The van der Waals surface area contributed by atoms with Crippen LogP contribution >= 0.6 is 0 Å². The van der Waals surface area contributed by atoms with Crippen LogP contribution in [0.1, 0.15) is 30.9 Å². The van der Waals surface area contributed by atoms with E-state index in [-0.39, 0.29) is 12.0 Å². The first-order valence-electron chi connectivity index (χ1n) is 7.08. The normalized spacial score (nSPS) is 14.2. The molecule has 0 saturated carbocycles. The van der Waals surface area contributed by atoms with Gasteiger partial charge in [-0.2, -0.15) is 0 Å². The highest BCUT2D eigenvalue weighted by Gasteiger charge is 2.22. The molecule has 20 heavy (non-hydrogen) atoms. The second-order valence-electron chi connectivity index (χ2n) is 5.19. The van der Waals surface area contributed by atoms with Gasteiger partial charge in [-0.1, -0.05) is 60.7 Å². The lowest BCUT2D eigenvalue weighted by Crippen LogP contribution is -2.24. The van der Waals surface area contributed by atoms with Gasteiger partial charge >= 0.3 is 0 Å². The van der Waals surface area contributed by atoms with Crippen molar-refractivity contribution < 1.29 is 9.84 Å². The molecule has 0 radical (unpaired) electrons. The molecule has 2 atom stereocenters. The molecular formula is C18H22O2. The molecule has 106 valence electrons. The van der Waals surface area contributed by atoms with Crippen LogP contribution in [0.4, 0.5) is 0 Å². The van der Waals surface area contributed by atoms with Crippen molar-refractivity contribution in [2.75, 3.05) is 6.61 Å². The molecule has 0 fully saturated rings. The van der Waals surface area contributed by atoms with Crippen LogP contribution in [0.5, 0.6) is 0 Å². The van der Waals surface area contributed by atoms with Crippen LogP contribution in [-0.2, 0) is 4.74 Å². The Morgan fingerprint density at radius 2 is 1.30 bits per heavy atom. The summed E-state index contributed by atoms with van der Waals surface area (Å²) in [5.74, 6) is 0.177. The lowest BCUT2D eigenvalue weighted by Gasteiger charge is -2.26. The average Bonchev–Trinajstić information content (AvgIpc) is 2.48. The lowest BCUT2D eigenvalue weighted by atomic mass is 9.87. The Hall–Kier alpha value is -1.64. The third-order valence-corrected chi connectivity index (χ3v) is 3.39. The molecule has 1 unspecified atom stereocenters. The van der Waals surface area contributed by atoms with E-state index in [1.165, 1.54) is 11.1 Å². The van der Waals surface area contributed by atoms with Crippen LogP contribution in [0, 0.1) is 0 Å². The number of hydrogen-bond donors (Lipinski definition) is 1. The summed E-state index contributed by atoms with van der Waals surface area (Å²) in [5, 5.41) is 9.40. The van der Waals surface area contributed by atoms with Crippen molar-refractivity contribution in [1.82, 2.24) is 0 Å². The second kappa shape index (κ2) is 7.22. The van der Waals surface area contributed by atoms with Gasteiger partial charge in [0.25, 0.3) is 0 Å². The molecular weight excluding hydrogens is 248 g/mol. The van der Waals surface area contributed by atoms with E-state index in [1.54, 1.807) is 6.92 Å². The Balaban J connectivity index is 2.25. The lowest BCUT2D eigenvalue weighted by molar-refractivity contribution is -0.00111. The van der Waals surface area contributed by atoms with E-state index in [0.717, 1.165) is 0 Å². The molecule has 0 spiro atoms. The van der Waals surface area contributed by atoms with E-state index in [9.17, 15) is 5.11 Å². The largest absolute Gasteiger partial charge is 0.391 e. The van der Waals surface area contributed by atoms with Gasteiger partial charge in [0, 0.05) is 5.92 Å². The monoisotopic (exact) mass is 270 g/mol. The van der Waals surface area contributed by atoms with E-state index < -0.39 is 6.10 Å². The third-order valence-electron chi connectivity index (χ3n) is 3.39. The smallest absolute Gasteiger partial charge is 0.0745 e. The molecule has 0 aliphatic carbocycles. The Kier molecular flexibility index (Phi) is 5.33. The SMILES string of the molecule is CC(O)CO[C@@H](C)C(c1ccccc1)c1ccccc1. The number of benzene rings is 2. The molecule has 0 aromatic heterocycles. The summed E-state index contributed by atoms with van der Waals surface area (Å²) in [6.45, 7) is 4.16. The fourth-order valence-corrected chi connectivity index (χ4v) is 2.44. The second-order valence-corrected chi connectivity index (χ2v) is 5.19. The number of hydrogen-bond acceptors (Lipinski definition) is 2. The third kappa shape index (κ3) is 3.92. The average molecular weight is 270 g/mol. The number of ether oxygens (including phenoxy) is 1. The maximum atomic E-state index is 9.40. The van der Waals surface area contributed by atoms with Crippen molar-refractivity contribution in [1.29, 1.82) is 0 Å². The van der Waals surface area contributed by atoms with Gasteiger partial charge in [-0.05, 0) is 25.0 Å². The molecule has 0 aliphatic heterocycles. The molecule has 2 nitrogen and oxygen atoms in total. The van der Waals surface area contributed by atoms with Crippen LogP contribution in [0.15, 0.2) is 60.7 Å². The molecule has 2 heteroatoms. The Morgan fingerprint density at radius 3 is 1.70 bits per heavy atom. The Morgan fingerprint density at radius 1 is 0.850 bits per heavy atom. The number of aliphatic hydroxyl groups is 1. The molecule has 2 rings (SSSR count). The summed E-state index contributed by atoms with van der Waals surface area (Å²) in [6.07, 6.45) is -0.431. The minimum Gasteiger partial charge on any atom is -0.391 e. The minimum atomic E-state index is -0.440. The Labute approximate surface area is 121 Å². The van der Waals surface area contributed by atoms with Crippen LogP contribution in [0.2, 0.25) is 0 Å². The quantitative estimate of drug-likeness (QED) is 0.869. The predicted octanol–water partition coefficient (Wildman–Crippen LogP) is 3.60. The molecule has 0 heterocycles. The first kappa shape index (κ1) is 14.8. The molecule has 0 amide bonds. The zero-order valence-corrected chi connectivity index (χ0v) is 12.1. The molecule has 0 bridgehead atoms. The fraction of sp³-hybridized carbons (Fsp3) is 0.333. The molecule has 0 aliphatic rings. The highest BCUT2D eigenvalue weighted by atomic mass is 16.5. The fourth-order valence-electron chi connectivity index (χ4n) is 2.44. The maximum absolute atomic E-state index is 9.40. The first-order chi connectivity index (χ1) is 9.68. The van der Waals surface area contributed by atoms with Crippen LogP contribution in [0.25, 0.3) is 0 Å². The minimum absolute atomic E-state index is 0.00870. The molecule has 1 N–H and O–H groups in total. The van der Waals surface area contributed by atoms with Crippen molar-refractivity contribution in [2.45, 2.75) is 32.0 Å². The highest BCUT2D eigenvalue weighted by Crippen LogP contribution is 2.29. The van der Waals surface area contributed by atoms with Crippen molar-refractivity contribution in [2.24, 2.45) is 0 Å². The van der Waals surface area contributed by atoms with Crippen molar-refractivity contribution >= 4 is 0 Å². The zero-order chi connectivity index (χ0) is 14.4. The topological polar surface area (TPSA) is 29.5 Å². The van der Waals surface area contributed by atoms with Gasteiger partial charge in [0.2, 0.25) is 0 Å². The summed E-state index contributed by atoms with van der Waals surface area (Å²) in [7, 11) is 0. The predicted molar refractivity (Wildman–Crippen MR) is 81.8 cm³/mol. The molecule has 2 aromatic carbocycles. The van der Waals surface area contributed by atoms with Crippen LogP contribution in [-0.4, -0.2) is 23.9 Å². The van der Waals surface area contributed by atoms with Gasteiger partial charge in [-0.3, -0.25) is 0 Å². The highest BCUT2D eigenvalue weighted by molar-refractivity contribution is 5.33. The summed E-state index contributed by atoms with van der Waals surface area (Å²) in [4.78, 5) is 0. The van der Waals surface area contributed by atoms with Crippen molar-refractivity contribution in [3.8, 4) is 0 Å². The summed E-state index contributed by atoms with van der Waals surface area (Å²) < 4.78 is 5.82. The van der Waals surface area contributed by atoms with Crippen LogP contribution in [0.3, 0.4) is 0 Å².